The van der Waals surface area contributed by atoms with E-state index in [-0.39, 0.29) is 0 Å². The minimum absolute atomic E-state index is 0.500. The highest BCUT2D eigenvalue weighted by Gasteiger charge is 2.30. The van der Waals surface area contributed by atoms with Crippen molar-refractivity contribution < 1.29 is 0 Å². The van der Waals surface area contributed by atoms with Crippen LogP contribution in [-0.4, -0.2) is 13.1 Å². The van der Waals surface area contributed by atoms with Gasteiger partial charge < -0.3 is 10.6 Å². The van der Waals surface area contributed by atoms with Crippen LogP contribution in [0.3, 0.4) is 0 Å². The van der Waals surface area contributed by atoms with Gasteiger partial charge >= 0.3 is 0 Å². The van der Waals surface area contributed by atoms with Crippen LogP contribution in [-0.2, 0) is 6.54 Å². The lowest BCUT2D eigenvalue weighted by atomic mass is 10.1. The quantitative estimate of drug-likeness (QED) is 0.850. The Morgan fingerprint density at radius 3 is 2.26 bits per heavy atom. The highest BCUT2D eigenvalue weighted by molar-refractivity contribution is 5.60. The molecule has 0 spiro atoms. The van der Waals surface area contributed by atoms with E-state index in [9.17, 15) is 5.26 Å². The van der Waals surface area contributed by atoms with Crippen molar-refractivity contribution in [2.45, 2.75) is 32.2 Å². The van der Waals surface area contributed by atoms with E-state index in [4.69, 9.17) is 5.73 Å². The molecule has 0 heterocycles. The molecule has 0 radical (unpaired) electrons. The van der Waals surface area contributed by atoms with E-state index in [2.05, 4.69) is 23.1 Å². The van der Waals surface area contributed by atoms with Crippen LogP contribution in [0.4, 0.5) is 5.69 Å². The Bertz CT molecular complexity index is 481. The van der Waals surface area contributed by atoms with Crippen LogP contribution < -0.4 is 10.6 Å². The van der Waals surface area contributed by atoms with Crippen molar-refractivity contribution in [3.8, 4) is 6.07 Å². The Balaban J connectivity index is 1.84. The number of anilines is 1. The van der Waals surface area contributed by atoms with E-state index >= 15 is 0 Å². The summed E-state index contributed by atoms with van der Waals surface area (Å²) < 4.78 is 0. The molecule has 0 bridgehead atoms. The first kappa shape index (κ1) is 12.5. The second kappa shape index (κ2) is 5.22. The second-order valence-electron chi connectivity index (χ2n) is 5.96. The Kier molecular flexibility index (Phi) is 3.44. The maximum atomic E-state index is 9.37. The maximum Gasteiger partial charge on any atom is 0.101 e. The van der Waals surface area contributed by atoms with E-state index in [1.807, 2.05) is 6.07 Å². The van der Waals surface area contributed by atoms with Crippen molar-refractivity contribution in [3.05, 3.63) is 29.3 Å². The summed E-state index contributed by atoms with van der Waals surface area (Å²) in [6.45, 7) is 2.74. The fourth-order valence-electron chi connectivity index (χ4n) is 2.57. The zero-order valence-electron chi connectivity index (χ0n) is 11.3. The molecule has 19 heavy (non-hydrogen) atoms. The van der Waals surface area contributed by atoms with Gasteiger partial charge in [-0.1, -0.05) is 6.07 Å². The first-order valence-electron chi connectivity index (χ1n) is 7.28. The van der Waals surface area contributed by atoms with Gasteiger partial charge in [0.2, 0.25) is 0 Å². The van der Waals surface area contributed by atoms with Crippen LogP contribution in [0.1, 0.15) is 36.8 Å². The summed E-state index contributed by atoms with van der Waals surface area (Å²) in [6, 6.07) is 8.43. The Morgan fingerprint density at radius 2 is 1.79 bits per heavy atom. The van der Waals surface area contributed by atoms with Gasteiger partial charge in [-0.2, -0.15) is 5.26 Å². The standard InChI is InChI=1S/C16H21N3/c17-8-14-5-6-16(15(7-14)9-18)19(10-12-1-2-12)11-13-3-4-13/h5-7,12-13H,1-4,8,10-11,17H2. The third kappa shape index (κ3) is 3.08. The fraction of sp³-hybridized carbons (Fsp3) is 0.562. The third-order valence-corrected chi connectivity index (χ3v) is 4.11. The Morgan fingerprint density at radius 1 is 1.16 bits per heavy atom. The van der Waals surface area contributed by atoms with Crippen molar-refractivity contribution >= 4 is 5.69 Å². The molecule has 0 amide bonds. The average Bonchev–Trinajstić information content (AvgIpc) is 3.32. The van der Waals surface area contributed by atoms with Crippen molar-refractivity contribution in [3.63, 3.8) is 0 Å². The van der Waals surface area contributed by atoms with Crippen LogP contribution in [0.2, 0.25) is 0 Å². The van der Waals surface area contributed by atoms with E-state index in [1.165, 1.54) is 25.7 Å². The molecule has 2 N–H and O–H groups in total. The maximum absolute atomic E-state index is 9.37. The smallest absolute Gasteiger partial charge is 0.101 e. The minimum atomic E-state index is 0.500. The van der Waals surface area contributed by atoms with Gasteiger partial charge in [0.1, 0.15) is 6.07 Å². The number of nitriles is 1. The summed E-state index contributed by atoms with van der Waals surface area (Å²) in [7, 11) is 0. The molecule has 1 aromatic rings. The van der Waals surface area contributed by atoms with Gasteiger partial charge in [0.25, 0.3) is 0 Å². The summed E-state index contributed by atoms with van der Waals surface area (Å²) in [5.74, 6) is 1.69. The lowest BCUT2D eigenvalue weighted by Crippen LogP contribution is -2.28. The lowest BCUT2D eigenvalue weighted by Gasteiger charge is -2.26. The largest absolute Gasteiger partial charge is 0.370 e. The van der Waals surface area contributed by atoms with Gasteiger partial charge in [-0.3, -0.25) is 0 Å². The highest BCUT2D eigenvalue weighted by atomic mass is 15.1. The fourth-order valence-corrected chi connectivity index (χ4v) is 2.57. The number of hydrogen-bond donors (Lipinski definition) is 1. The summed E-state index contributed by atoms with van der Waals surface area (Å²) in [5, 5.41) is 9.37. The zero-order valence-corrected chi connectivity index (χ0v) is 11.3. The molecule has 0 saturated heterocycles. The molecular formula is C16H21N3. The SMILES string of the molecule is N#Cc1cc(CN)ccc1N(CC1CC1)CC1CC1. The van der Waals surface area contributed by atoms with E-state index in [0.29, 0.717) is 6.54 Å². The molecule has 0 aromatic heterocycles. The van der Waals surface area contributed by atoms with Gasteiger partial charge in [-0.15, -0.1) is 0 Å². The lowest BCUT2D eigenvalue weighted by molar-refractivity contribution is 0.678. The van der Waals surface area contributed by atoms with Crippen LogP contribution in [0, 0.1) is 23.2 Å². The third-order valence-electron chi connectivity index (χ3n) is 4.11. The van der Waals surface area contributed by atoms with Crippen molar-refractivity contribution in [2.75, 3.05) is 18.0 Å². The summed E-state index contributed by atoms with van der Waals surface area (Å²) in [5.41, 5.74) is 8.59. The topological polar surface area (TPSA) is 53.1 Å². The summed E-state index contributed by atoms with van der Waals surface area (Å²) >= 11 is 0. The number of benzene rings is 1. The molecule has 2 saturated carbocycles. The molecule has 2 aliphatic carbocycles. The van der Waals surface area contributed by atoms with E-state index < -0.39 is 0 Å². The summed E-state index contributed by atoms with van der Waals surface area (Å²) in [4.78, 5) is 2.44. The molecule has 100 valence electrons. The number of hydrogen-bond acceptors (Lipinski definition) is 3. The second-order valence-corrected chi connectivity index (χ2v) is 5.96. The normalized spacial score (nSPS) is 18.1. The number of nitrogens with zero attached hydrogens (tertiary/aromatic N) is 2. The molecule has 2 fully saturated rings. The molecule has 2 aliphatic rings. The molecular weight excluding hydrogens is 234 g/mol. The molecule has 0 unspecified atom stereocenters. The number of nitrogens with two attached hydrogens (primary N) is 1. The molecule has 3 rings (SSSR count). The zero-order chi connectivity index (χ0) is 13.2. The van der Waals surface area contributed by atoms with E-state index in [1.54, 1.807) is 0 Å². The van der Waals surface area contributed by atoms with Crippen LogP contribution in [0.5, 0.6) is 0 Å². The first-order valence-corrected chi connectivity index (χ1v) is 7.28. The molecule has 0 aliphatic heterocycles. The number of rotatable bonds is 6. The van der Waals surface area contributed by atoms with Crippen molar-refractivity contribution in [1.82, 2.24) is 0 Å². The van der Waals surface area contributed by atoms with Gasteiger partial charge in [0.15, 0.2) is 0 Å². The van der Waals surface area contributed by atoms with E-state index in [0.717, 1.165) is 41.7 Å². The Hall–Kier alpha value is -1.53. The van der Waals surface area contributed by atoms with Gasteiger partial charge in [0, 0.05) is 19.6 Å². The Labute approximate surface area is 115 Å². The highest BCUT2D eigenvalue weighted by Crippen LogP contribution is 2.36. The van der Waals surface area contributed by atoms with Crippen LogP contribution >= 0.6 is 0 Å². The monoisotopic (exact) mass is 255 g/mol. The minimum Gasteiger partial charge on any atom is -0.370 e. The molecule has 0 atom stereocenters. The van der Waals surface area contributed by atoms with Crippen molar-refractivity contribution in [1.29, 1.82) is 5.26 Å². The van der Waals surface area contributed by atoms with Gasteiger partial charge in [-0.25, -0.2) is 0 Å². The molecule has 3 nitrogen and oxygen atoms in total. The molecule has 3 heteroatoms. The first-order chi connectivity index (χ1) is 9.30. The molecule has 1 aromatic carbocycles. The predicted molar refractivity (Wildman–Crippen MR) is 76.7 cm³/mol. The summed E-state index contributed by atoms with van der Waals surface area (Å²) in [6.07, 6.45) is 5.40. The predicted octanol–water partition coefficient (Wildman–Crippen LogP) is 2.64. The van der Waals surface area contributed by atoms with Gasteiger partial charge in [-0.05, 0) is 55.2 Å². The van der Waals surface area contributed by atoms with Crippen LogP contribution in [0.15, 0.2) is 18.2 Å². The van der Waals surface area contributed by atoms with Gasteiger partial charge in [0.05, 0.1) is 11.3 Å². The van der Waals surface area contributed by atoms with Crippen LogP contribution in [0.25, 0.3) is 0 Å². The van der Waals surface area contributed by atoms with Crippen molar-refractivity contribution in [2.24, 2.45) is 17.6 Å². The average molecular weight is 255 g/mol.